The first-order valence-electron chi connectivity index (χ1n) is 3.35. The number of rotatable bonds is 6. The summed E-state index contributed by atoms with van der Waals surface area (Å²) in [6.07, 6.45) is 0. The molecular weight excluding hydrogens is 200 g/mol. The predicted molar refractivity (Wildman–Crippen MR) is 44.6 cm³/mol. The molecule has 0 aromatic rings. The van der Waals surface area contributed by atoms with E-state index in [2.05, 4.69) is 0 Å². The van der Waals surface area contributed by atoms with Gasteiger partial charge in [-0.25, -0.2) is 0 Å². The molecule has 4 N–H and O–H groups in total. The highest BCUT2D eigenvalue weighted by molar-refractivity contribution is 8.01. The van der Waals surface area contributed by atoms with E-state index in [1.165, 1.54) is 0 Å². The summed E-state index contributed by atoms with van der Waals surface area (Å²) in [6, 6.07) is 0. The second-order valence-electron chi connectivity index (χ2n) is 2.15. The third-order valence-electron chi connectivity index (χ3n) is 1.21. The molecule has 0 aliphatic heterocycles. The molecule has 2 unspecified atom stereocenters. The maximum absolute atomic E-state index is 10.3. The molecule has 0 fully saturated rings. The first-order chi connectivity index (χ1) is 6.02. The van der Waals surface area contributed by atoms with Crippen LogP contribution in [0.3, 0.4) is 0 Å². The minimum Gasteiger partial charge on any atom is -0.480 e. The first-order valence-corrected chi connectivity index (χ1v) is 4.30. The average molecular weight is 210 g/mol. The average Bonchev–Trinajstić information content (AvgIpc) is 2.05. The third-order valence-corrected chi connectivity index (χ3v) is 2.57. The molecule has 7 heteroatoms. The fraction of sp³-hybridized carbons (Fsp3) is 0.667. The largest absolute Gasteiger partial charge is 0.480 e. The Morgan fingerprint density at radius 1 is 1.00 bits per heavy atom. The Morgan fingerprint density at radius 3 is 1.46 bits per heavy atom. The Bertz CT molecular complexity index is 174. The van der Waals surface area contributed by atoms with Gasteiger partial charge >= 0.3 is 11.9 Å². The Kier molecular flexibility index (Phi) is 5.44. The van der Waals surface area contributed by atoms with Crippen LogP contribution >= 0.6 is 11.8 Å². The zero-order valence-electron chi connectivity index (χ0n) is 6.58. The minimum absolute atomic E-state index is 0.507. The van der Waals surface area contributed by atoms with E-state index in [-0.39, 0.29) is 0 Å². The molecule has 76 valence electrons. The second-order valence-corrected chi connectivity index (χ2v) is 3.57. The quantitative estimate of drug-likeness (QED) is 0.426. The van der Waals surface area contributed by atoms with Crippen LogP contribution in [-0.4, -0.2) is 56.1 Å². The monoisotopic (exact) mass is 210 g/mol. The molecule has 0 aromatic heterocycles. The van der Waals surface area contributed by atoms with Gasteiger partial charge in [0.1, 0.15) is 10.5 Å². The van der Waals surface area contributed by atoms with E-state index in [0.717, 1.165) is 0 Å². The van der Waals surface area contributed by atoms with Gasteiger partial charge in [-0.15, -0.1) is 11.8 Å². The van der Waals surface area contributed by atoms with E-state index in [9.17, 15) is 9.59 Å². The van der Waals surface area contributed by atoms with Crippen LogP contribution in [-0.2, 0) is 9.59 Å². The second kappa shape index (κ2) is 5.79. The molecule has 0 amide bonds. The summed E-state index contributed by atoms with van der Waals surface area (Å²) in [5.41, 5.74) is 0. The zero-order valence-corrected chi connectivity index (χ0v) is 7.40. The number of aliphatic hydroxyl groups excluding tert-OH is 2. The van der Waals surface area contributed by atoms with Crippen LogP contribution in [0.4, 0.5) is 0 Å². The van der Waals surface area contributed by atoms with Gasteiger partial charge in [-0.05, 0) is 0 Å². The van der Waals surface area contributed by atoms with E-state index < -0.39 is 35.7 Å². The van der Waals surface area contributed by atoms with Crippen molar-refractivity contribution in [2.75, 3.05) is 13.2 Å². The number of thioether (sulfide) groups is 1. The van der Waals surface area contributed by atoms with E-state index >= 15 is 0 Å². The van der Waals surface area contributed by atoms with Crippen LogP contribution in [0.5, 0.6) is 0 Å². The predicted octanol–water partition coefficient (Wildman–Crippen LogP) is -1.39. The normalized spacial score (nSPS) is 14.9. The number of carbonyl (C=O) groups is 2. The van der Waals surface area contributed by atoms with Crippen LogP contribution < -0.4 is 0 Å². The molecule has 0 bridgehead atoms. The number of aliphatic hydroxyl groups is 2. The van der Waals surface area contributed by atoms with Gasteiger partial charge in [-0.1, -0.05) is 0 Å². The van der Waals surface area contributed by atoms with Crippen LogP contribution in [0.25, 0.3) is 0 Å². The maximum Gasteiger partial charge on any atom is 0.319 e. The number of carboxylic acids is 2. The molecule has 0 radical (unpaired) electrons. The lowest BCUT2D eigenvalue weighted by molar-refractivity contribution is -0.137. The molecule has 2 atom stereocenters. The van der Waals surface area contributed by atoms with Crippen molar-refractivity contribution in [2.45, 2.75) is 10.5 Å². The van der Waals surface area contributed by atoms with Crippen molar-refractivity contribution < 1.29 is 30.0 Å². The van der Waals surface area contributed by atoms with Crippen molar-refractivity contribution in [3.63, 3.8) is 0 Å². The Labute approximate surface area is 78.2 Å². The van der Waals surface area contributed by atoms with Gasteiger partial charge in [-0.3, -0.25) is 9.59 Å². The Balaban J connectivity index is 4.19. The molecule has 13 heavy (non-hydrogen) atoms. The molecule has 0 aliphatic carbocycles. The lowest BCUT2D eigenvalue weighted by Crippen LogP contribution is -2.29. The molecule has 0 rings (SSSR count). The molecule has 0 heterocycles. The van der Waals surface area contributed by atoms with E-state index in [1.54, 1.807) is 0 Å². The number of hydrogen-bond acceptors (Lipinski definition) is 5. The van der Waals surface area contributed by atoms with E-state index in [4.69, 9.17) is 20.4 Å². The SMILES string of the molecule is O=C(O)C(CO)SC(CO)C(=O)O. The van der Waals surface area contributed by atoms with Crippen LogP contribution in [0.1, 0.15) is 0 Å². The number of hydrogen-bond donors (Lipinski definition) is 4. The van der Waals surface area contributed by atoms with Gasteiger partial charge in [0.25, 0.3) is 0 Å². The summed E-state index contributed by atoms with van der Waals surface area (Å²) in [6.45, 7) is -1.33. The highest BCUT2D eigenvalue weighted by Gasteiger charge is 2.26. The summed E-state index contributed by atoms with van der Waals surface area (Å²) >= 11 is 0.507. The molecular formula is C6H10O6S. The smallest absolute Gasteiger partial charge is 0.319 e. The Hall–Kier alpha value is -0.790. The number of aliphatic carboxylic acids is 2. The zero-order chi connectivity index (χ0) is 10.4. The molecule has 6 nitrogen and oxygen atoms in total. The van der Waals surface area contributed by atoms with Crippen molar-refractivity contribution >= 4 is 23.7 Å². The van der Waals surface area contributed by atoms with Crippen LogP contribution in [0.2, 0.25) is 0 Å². The topological polar surface area (TPSA) is 115 Å². The summed E-state index contributed by atoms with van der Waals surface area (Å²) in [4.78, 5) is 20.7. The summed E-state index contributed by atoms with van der Waals surface area (Å²) < 4.78 is 0. The van der Waals surface area contributed by atoms with E-state index in [1.807, 2.05) is 0 Å². The third kappa shape index (κ3) is 4.11. The highest BCUT2D eigenvalue weighted by Crippen LogP contribution is 2.17. The van der Waals surface area contributed by atoms with E-state index in [0.29, 0.717) is 11.8 Å². The molecule has 0 saturated heterocycles. The summed E-state index contributed by atoms with van der Waals surface area (Å²) in [7, 11) is 0. The van der Waals surface area contributed by atoms with Crippen LogP contribution in [0.15, 0.2) is 0 Å². The summed E-state index contributed by atoms with van der Waals surface area (Å²) in [5.74, 6) is -2.60. The van der Waals surface area contributed by atoms with Gasteiger partial charge in [0.15, 0.2) is 0 Å². The lowest BCUT2D eigenvalue weighted by atomic mass is 10.4. The molecule has 0 spiro atoms. The highest BCUT2D eigenvalue weighted by atomic mass is 32.2. The Morgan fingerprint density at radius 2 is 1.31 bits per heavy atom. The molecule has 0 aromatic carbocycles. The fourth-order valence-corrected chi connectivity index (χ4v) is 1.36. The molecule has 0 saturated carbocycles. The van der Waals surface area contributed by atoms with Gasteiger partial charge in [-0.2, -0.15) is 0 Å². The van der Waals surface area contributed by atoms with Crippen molar-refractivity contribution in [1.82, 2.24) is 0 Å². The van der Waals surface area contributed by atoms with Crippen molar-refractivity contribution in [3.8, 4) is 0 Å². The van der Waals surface area contributed by atoms with Crippen molar-refractivity contribution in [2.24, 2.45) is 0 Å². The van der Waals surface area contributed by atoms with Crippen molar-refractivity contribution in [1.29, 1.82) is 0 Å². The minimum atomic E-state index is -1.30. The summed E-state index contributed by atoms with van der Waals surface area (Å²) in [5, 5.41) is 31.6. The van der Waals surface area contributed by atoms with Crippen molar-refractivity contribution in [3.05, 3.63) is 0 Å². The maximum atomic E-state index is 10.3. The fourth-order valence-electron chi connectivity index (χ4n) is 0.557. The van der Waals surface area contributed by atoms with Gasteiger partial charge in [0, 0.05) is 0 Å². The number of carboxylic acid groups (broad SMARTS) is 2. The van der Waals surface area contributed by atoms with Gasteiger partial charge in [0.2, 0.25) is 0 Å². The van der Waals surface area contributed by atoms with Gasteiger partial charge < -0.3 is 20.4 Å². The van der Waals surface area contributed by atoms with Gasteiger partial charge in [0.05, 0.1) is 13.2 Å². The lowest BCUT2D eigenvalue weighted by Gasteiger charge is -2.13. The standard InChI is InChI=1S/C6H10O6S/c7-1-3(5(9)10)13-4(2-8)6(11)12/h3-4,7-8H,1-2H2,(H,9,10)(H,11,12). The first kappa shape index (κ1) is 12.2. The van der Waals surface area contributed by atoms with Crippen LogP contribution in [0, 0.1) is 0 Å². The molecule has 0 aliphatic rings.